The molecule has 0 aliphatic rings. The van der Waals surface area contributed by atoms with Crippen LogP contribution in [-0.4, -0.2) is 13.1 Å². The van der Waals surface area contributed by atoms with E-state index >= 15 is 0 Å². The van der Waals surface area contributed by atoms with Crippen LogP contribution in [0.25, 0.3) is 21.9 Å². The lowest BCUT2D eigenvalue weighted by Crippen LogP contribution is -2.10. The average Bonchev–Trinajstić information content (AvgIpc) is 2.48. The first kappa shape index (κ1) is 13.4. The van der Waals surface area contributed by atoms with Gasteiger partial charge in [0.2, 0.25) is 5.43 Å². The van der Waals surface area contributed by atoms with E-state index in [1.807, 2.05) is 13.0 Å². The molecule has 0 spiro atoms. The van der Waals surface area contributed by atoms with E-state index in [0.717, 1.165) is 5.56 Å². The van der Waals surface area contributed by atoms with Gasteiger partial charge in [0.15, 0.2) is 0 Å². The molecule has 3 rings (SSSR count). The maximum atomic E-state index is 12.7. The zero-order valence-corrected chi connectivity index (χ0v) is 11.8. The second-order valence-electron chi connectivity index (χ2n) is 4.97. The van der Waals surface area contributed by atoms with Crippen LogP contribution in [0.2, 0.25) is 0 Å². The van der Waals surface area contributed by atoms with Gasteiger partial charge in [-0.05, 0) is 30.7 Å². The molecule has 0 amide bonds. The van der Waals surface area contributed by atoms with Crippen molar-refractivity contribution in [3.63, 3.8) is 0 Å². The molecule has 1 heterocycles. The summed E-state index contributed by atoms with van der Waals surface area (Å²) in [5.74, 6) is -0.383. The number of rotatable bonds is 2. The van der Waals surface area contributed by atoms with E-state index < -0.39 is 0 Å². The minimum Gasteiger partial charge on any atom is -0.469 e. The average molecular weight is 282 g/mol. The van der Waals surface area contributed by atoms with Gasteiger partial charge >= 0.3 is 5.97 Å². The summed E-state index contributed by atoms with van der Waals surface area (Å²) < 4.78 is 10.5. The van der Waals surface area contributed by atoms with Crippen LogP contribution in [0.1, 0.15) is 11.1 Å². The third kappa shape index (κ3) is 2.29. The Labute approximate surface area is 120 Å². The molecule has 1 aromatic heterocycles. The van der Waals surface area contributed by atoms with Crippen molar-refractivity contribution >= 4 is 27.9 Å². The van der Waals surface area contributed by atoms with Crippen molar-refractivity contribution < 1.29 is 13.9 Å². The predicted molar refractivity (Wildman–Crippen MR) is 80.4 cm³/mol. The molecule has 4 nitrogen and oxygen atoms in total. The fourth-order valence-corrected chi connectivity index (χ4v) is 2.46. The van der Waals surface area contributed by atoms with Crippen molar-refractivity contribution in [2.24, 2.45) is 0 Å². The van der Waals surface area contributed by atoms with Crippen LogP contribution < -0.4 is 5.43 Å². The van der Waals surface area contributed by atoms with Crippen LogP contribution in [0.15, 0.2) is 45.6 Å². The van der Waals surface area contributed by atoms with Crippen LogP contribution in [0.5, 0.6) is 0 Å². The number of ether oxygens (including phenoxy) is 1. The van der Waals surface area contributed by atoms with Crippen molar-refractivity contribution in [1.82, 2.24) is 0 Å². The maximum Gasteiger partial charge on any atom is 0.310 e. The maximum absolute atomic E-state index is 12.7. The largest absolute Gasteiger partial charge is 0.469 e. The van der Waals surface area contributed by atoms with E-state index in [9.17, 15) is 9.59 Å². The summed E-state index contributed by atoms with van der Waals surface area (Å²) in [4.78, 5) is 24.2. The summed E-state index contributed by atoms with van der Waals surface area (Å²) in [5, 5.41) is 0.973. The summed E-state index contributed by atoms with van der Waals surface area (Å²) in [6.07, 6.45) is 0.0515. The molecule has 21 heavy (non-hydrogen) atoms. The quantitative estimate of drug-likeness (QED) is 0.535. The molecule has 0 N–H and O–H groups in total. The van der Waals surface area contributed by atoms with E-state index in [1.54, 1.807) is 30.3 Å². The molecule has 0 aliphatic heterocycles. The summed E-state index contributed by atoms with van der Waals surface area (Å²) in [7, 11) is 1.33. The first-order valence-electron chi connectivity index (χ1n) is 6.62. The number of methoxy groups -OCH3 is 1. The Balaban J connectivity index is 2.36. The minimum atomic E-state index is -0.383. The first-order chi connectivity index (χ1) is 10.1. The highest BCUT2D eigenvalue weighted by molar-refractivity contribution is 5.93. The predicted octanol–water partition coefficient (Wildman–Crippen LogP) is 2.97. The minimum absolute atomic E-state index is 0.0515. The fraction of sp³-hybridized carbons (Fsp3) is 0.176. The van der Waals surface area contributed by atoms with Gasteiger partial charge in [0.25, 0.3) is 0 Å². The zero-order valence-electron chi connectivity index (χ0n) is 11.8. The van der Waals surface area contributed by atoms with Gasteiger partial charge in [-0.15, -0.1) is 0 Å². The Morgan fingerprint density at radius 1 is 1.19 bits per heavy atom. The Bertz CT molecular complexity index is 906. The van der Waals surface area contributed by atoms with Gasteiger partial charge in [-0.25, -0.2) is 0 Å². The monoisotopic (exact) mass is 282 g/mol. The number of carbonyl (C=O) groups is 1. The van der Waals surface area contributed by atoms with E-state index in [0.29, 0.717) is 27.5 Å². The van der Waals surface area contributed by atoms with Gasteiger partial charge in [-0.3, -0.25) is 9.59 Å². The normalized spacial score (nSPS) is 11.0. The number of fused-ring (bicyclic) bond motifs is 2. The molecule has 0 saturated carbocycles. The lowest BCUT2D eigenvalue weighted by Gasteiger charge is -2.06. The highest BCUT2D eigenvalue weighted by Crippen LogP contribution is 2.22. The number of aryl methyl sites for hydroxylation is 1. The van der Waals surface area contributed by atoms with Crippen molar-refractivity contribution in [3.8, 4) is 0 Å². The smallest absolute Gasteiger partial charge is 0.310 e. The summed E-state index contributed by atoms with van der Waals surface area (Å²) in [5.41, 5.74) is 2.52. The number of hydrogen-bond donors (Lipinski definition) is 0. The van der Waals surface area contributed by atoms with Gasteiger partial charge in [0.05, 0.1) is 24.3 Å². The molecule has 0 bridgehead atoms. The van der Waals surface area contributed by atoms with Crippen molar-refractivity contribution in [2.75, 3.05) is 7.11 Å². The van der Waals surface area contributed by atoms with Crippen molar-refractivity contribution in [3.05, 3.63) is 57.7 Å². The van der Waals surface area contributed by atoms with Crippen LogP contribution >= 0.6 is 0 Å². The van der Waals surface area contributed by atoms with Crippen molar-refractivity contribution in [1.29, 1.82) is 0 Å². The Kier molecular flexibility index (Phi) is 3.22. The lowest BCUT2D eigenvalue weighted by atomic mass is 10.0. The number of carbonyl (C=O) groups excluding carboxylic acids is 1. The fourth-order valence-electron chi connectivity index (χ4n) is 2.46. The van der Waals surface area contributed by atoms with Gasteiger partial charge in [0.1, 0.15) is 11.2 Å². The molecular weight excluding hydrogens is 268 g/mol. The van der Waals surface area contributed by atoms with E-state index in [2.05, 4.69) is 4.74 Å². The third-order valence-corrected chi connectivity index (χ3v) is 3.50. The highest BCUT2D eigenvalue weighted by atomic mass is 16.5. The molecule has 0 aliphatic carbocycles. The van der Waals surface area contributed by atoms with Crippen molar-refractivity contribution in [2.45, 2.75) is 13.3 Å². The van der Waals surface area contributed by atoms with Crippen LogP contribution in [0, 0.1) is 6.92 Å². The van der Waals surface area contributed by atoms with Crippen LogP contribution in [0.3, 0.4) is 0 Å². The molecule has 0 fully saturated rings. The van der Waals surface area contributed by atoms with Gasteiger partial charge in [0, 0.05) is 0 Å². The molecule has 4 heteroatoms. The Hall–Kier alpha value is -2.62. The lowest BCUT2D eigenvalue weighted by molar-refractivity contribution is -0.139. The molecule has 0 radical (unpaired) electrons. The molecule has 2 aromatic carbocycles. The summed E-state index contributed by atoms with van der Waals surface area (Å²) >= 11 is 0. The standard InChI is InChI=1S/C17H14O4/c1-10-6-7-13-12(8-10)17(19)16-11(9-15(18)20-2)4-3-5-14(16)21-13/h3-8H,9H2,1-2H3. The van der Waals surface area contributed by atoms with Gasteiger partial charge < -0.3 is 9.15 Å². The van der Waals surface area contributed by atoms with Crippen LogP contribution in [0.4, 0.5) is 0 Å². The SMILES string of the molecule is COC(=O)Cc1cccc2oc3ccc(C)cc3c(=O)c12. The van der Waals surface area contributed by atoms with Crippen LogP contribution in [-0.2, 0) is 16.0 Å². The molecule has 106 valence electrons. The summed E-state index contributed by atoms with van der Waals surface area (Å²) in [6.45, 7) is 1.92. The summed E-state index contributed by atoms with van der Waals surface area (Å²) in [6, 6.07) is 10.7. The van der Waals surface area contributed by atoms with Gasteiger partial charge in [-0.2, -0.15) is 0 Å². The molecule has 0 atom stereocenters. The van der Waals surface area contributed by atoms with E-state index in [4.69, 9.17) is 4.42 Å². The Morgan fingerprint density at radius 3 is 2.76 bits per heavy atom. The van der Waals surface area contributed by atoms with E-state index in [1.165, 1.54) is 7.11 Å². The van der Waals surface area contributed by atoms with Gasteiger partial charge in [-0.1, -0.05) is 23.8 Å². The number of esters is 1. The second kappa shape index (κ2) is 5.05. The molecule has 0 unspecified atom stereocenters. The van der Waals surface area contributed by atoms with E-state index in [-0.39, 0.29) is 17.8 Å². The number of benzene rings is 2. The Morgan fingerprint density at radius 2 is 2.00 bits per heavy atom. The highest BCUT2D eigenvalue weighted by Gasteiger charge is 2.14. The second-order valence-corrected chi connectivity index (χ2v) is 4.97. The zero-order chi connectivity index (χ0) is 15.0. The molecule has 0 saturated heterocycles. The first-order valence-corrected chi connectivity index (χ1v) is 6.62. The molecular formula is C17H14O4. The third-order valence-electron chi connectivity index (χ3n) is 3.50. The topological polar surface area (TPSA) is 56.5 Å². The number of hydrogen-bond acceptors (Lipinski definition) is 4. The molecule has 3 aromatic rings.